The number of ether oxygens (including phenoxy) is 1. The van der Waals surface area contributed by atoms with E-state index in [1.807, 2.05) is 68.4 Å². The maximum absolute atomic E-state index is 13.4. The Morgan fingerprint density at radius 3 is 2.48 bits per heavy atom. The monoisotopic (exact) mass is 445 g/mol. The number of rotatable bonds is 8. The van der Waals surface area contributed by atoms with Gasteiger partial charge in [0, 0.05) is 36.9 Å². The summed E-state index contributed by atoms with van der Waals surface area (Å²) < 4.78 is 8.07. The molecular formula is C25H27N5O3. The summed E-state index contributed by atoms with van der Waals surface area (Å²) in [5, 5.41) is 7.35. The van der Waals surface area contributed by atoms with Gasteiger partial charge < -0.3 is 14.6 Å². The lowest BCUT2D eigenvalue weighted by atomic mass is 10.0. The third-order valence-corrected chi connectivity index (χ3v) is 5.59. The highest BCUT2D eigenvalue weighted by molar-refractivity contribution is 5.76. The number of hydrogen-bond donors (Lipinski definition) is 1. The lowest BCUT2D eigenvalue weighted by Crippen LogP contribution is -2.33. The third kappa shape index (κ3) is 4.85. The summed E-state index contributed by atoms with van der Waals surface area (Å²) in [4.78, 5) is 30.7. The van der Waals surface area contributed by atoms with E-state index < -0.39 is 0 Å². The van der Waals surface area contributed by atoms with E-state index in [1.165, 1.54) is 4.52 Å². The number of nitrogens with zero attached hydrogens (tertiary/aromatic N) is 4. The zero-order valence-electron chi connectivity index (χ0n) is 19.0. The Hall–Kier alpha value is -3.78. The first kappa shape index (κ1) is 22.4. The standard InChI is InChI=1S/C25H27N5O3/c1-17-9-11-20(12-10-17)23-27-25-29(16-22(31)26-13-14-33-3)18(2)21(24(32)30(25)28-23)15-19-7-5-4-6-8-19/h4-12H,13-16H2,1-3H3,(H,26,31). The summed E-state index contributed by atoms with van der Waals surface area (Å²) in [6.07, 6.45) is 0.437. The number of methoxy groups -OCH3 is 1. The summed E-state index contributed by atoms with van der Waals surface area (Å²) in [7, 11) is 1.58. The molecule has 0 unspecified atom stereocenters. The molecular weight excluding hydrogens is 418 g/mol. The molecule has 1 N–H and O–H groups in total. The lowest BCUT2D eigenvalue weighted by Gasteiger charge is -2.15. The van der Waals surface area contributed by atoms with Gasteiger partial charge in [-0.1, -0.05) is 60.2 Å². The van der Waals surface area contributed by atoms with Gasteiger partial charge in [0.05, 0.1) is 6.61 Å². The number of carbonyl (C=O) groups excluding carboxylic acids is 1. The number of benzene rings is 2. The van der Waals surface area contributed by atoms with Crippen LogP contribution in [0.4, 0.5) is 0 Å². The number of amides is 1. The lowest BCUT2D eigenvalue weighted by molar-refractivity contribution is -0.121. The molecule has 0 saturated carbocycles. The molecule has 0 bridgehead atoms. The molecule has 2 aromatic heterocycles. The normalized spacial score (nSPS) is 11.1. The quantitative estimate of drug-likeness (QED) is 0.421. The average molecular weight is 446 g/mol. The Labute approximate surface area is 191 Å². The fraction of sp³-hybridized carbons (Fsp3) is 0.280. The number of nitrogens with one attached hydrogen (secondary N) is 1. The van der Waals surface area contributed by atoms with Gasteiger partial charge in [-0.2, -0.15) is 9.50 Å². The van der Waals surface area contributed by atoms with Crippen molar-refractivity contribution in [3.63, 3.8) is 0 Å². The van der Waals surface area contributed by atoms with E-state index in [2.05, 4.69) is 15.4 Å². The van der Waals surface area contributed by atoms with Crippen LogP contribution in [0.3, 0.4) is 0 Å². The fourth-order valence-corrected chi connectivity index (χ4v) is 3.72. The van der Waals surface area contributed by atoms with Gasteiger partial charge in [0.25, 0.3) is 5.56 Å². The largest absolute Gasteiger partial charge is 0.383 e. The Morgan fingerprint density at radius 1 is 1.06 bits per heavy atom. The van der Waals surface area contributed by atoms with Crippen LogP contribution in [0.25, 0.3) is 17.2 Å². The van der Waals surface area contributed by atoms with Crippen molar-refractivity contribution in [2.75, 3.05) is 20.3 Å². The summed E-state index contributed by atoms with van der Waals surface area (Å²) in [6, 6.07) is 17.6. The second kappa shape index (κ2) is 9.79. The fourth-order valence-electron chi connectivity index (χ4n) is 3.72. The Balaban J connectivity index is 1.83. The van der Waals surface area contributed by atoms with Crippen molar-refractivity contribution in [1.29, 1.82) is 0 Å². The van der Waals surface area contributed by atoms with Gasteiger partial charge in [-0.25, -0.2) is 0 Å². The Kier molecular flexibility index (Phi) is 6.65. The Bertz CT molecular complexity index is 1320. The smallest absolute Gasteiger partial charge is 0.279 e. The molecule has 33 heavy (non-hydrogen) atoms. The van der Waals surface area contributed by atoms with E-state index in [1.54, 1.807) is 11.7 Å². The van der Waals surface area contributed by atoms with E-state index in [0.717, 1.165) is 16.7 Å². The van der Waals surface area contributed by atoms with Gasteiger partial charge in [0.2, 0.25) is 11.7 Å². The van der Waals surface area contributed by atoms with E-state index in [-0.39, 0.29) is 18.0 Å². The van der Waals surface area contributed by atoms with Crippen molar-refractivity contribution in [2.45, 2.75) is 26.8 Å². The molecule has 2 aromatic carbocycles. The number of aryl methyl sites for hydroxylation is 1. The summed E-state index contributed by atoms with van der Waals surface area (Å²) in [6.45, 7) is 4.70. The van der Waals surface area contributed by atoms with Crippen LogP contribution in [0.15, 0.2) is 59.4 Å². The molecule has 8 nitrogen and oxygen atoms in total. The van der Waals surface area contributed by atoms with Crippen molar-refractivity contribution in [3.8, 4) is 11.4 Å². The van der Waals surface area contributed by atoms with Crippen LogP contribution in [0, 0.1) is 13.8 Å². The van der Waals surface area contributed by atoms with Crippen LogP contribution in [-0.4, -0.2) is 45.3 Å². The molecule has 0 radical (unpaired) electrons. The molecule has 4 rings (SSSR count). The molecule has 0 aliphatic heterocycles. The topological polar surface area (TPSA) is 90.5 Å². The van der Waals surface area contributed by atoms with Crippen molar-refractivity contribution >= 4 is 11.7 Å². The van der Waals surface area contributed by atoms with Crippen molar-refractivity contribution in [1.82, 2.24) is 24.5 Å². The highest BCUT2D eigenvalue weighted by Gasteiger charge is 2.20. The molecule has 170 valence electrons. The van der Waals surface area contributed by atoms with Crippen LogP contribution < -0.4 is 10.9 Å². The zero-order valence-corrected chi connectivity index (χ0v) is 19.0. The SMILES string of the molecule is COCCNC(=O)Cn1c(C)c(Cc2ccccc2)c(=O)n2nc(-c3ccc(C)cc3)nc12. The highest BCUT2D eigenvalue weighted by atomic mass is 16.5. The number of aromatic nitrogens is 4. The predicted molar refractivity (Wildman–Crippen MR) is 126 cm³/mol. The first-order valence-electron chi connectivity index (χ1n) is 10.8. The molecule has 0 aliphatic carbocycles. The molecule has 8 heteroatoms. The second-order valence-corrected chi connectivity index (χ2v) is 7.97. The third-order valence-electron chi connectivity index (χ3n) is 5.59. The average Bonchev–Trinajstić information content (AvgIpc) is 3.26. The van der Waals surface area contributed by atoms with Gasteiger partial charge in [-0.15, -0.1) is 5.10 Å². The molecule has 0 aliphatic rings. The van der Waals surface area contributed by atoms with Crippen LogP contribution in [0.2, 0.25) is 0 Å². The molecule has 0 spiro atoms. The number of carbonyl (C=O) groups is 1. The van der Waals surface area contributed by atoms with E-state index in [0.29, 0.717) is 42.4 Å². The molecule has 0 atom stereocenters. The minimum absolute atomic E-state index is 0.0210. The van der Waals surface area contributed by atoms with Gasteiger partial charge in [0.15, 0.2) is 5.82 Å². The Morgan fingerprint density at radius 2 is 1.79 bits per heavy atom. The summed E-state index contributed by atoms with van der Waals surface area (Å²) in [5.74, 6) is 0.593. The van der Waals surface area contributed by atoms with Gasteiger partial charge in [-0.3, -0.25) is 9.59 Å². The van der Waals surface area contributed by atoms with Gasteiger partial charge >= 0.3 is 0 Å². The van der Waals surface area contributed by atoms with Gasteiger partial charge in [-0.05, 0) is 19.4 Å². The number of hydrogen-bond acceptors (Lipinski definition) is 5. The van der Waals surface area contributed by atoms with E-state index >= 15 is 0 Å². The number of fused-ring (bicyclic) bond motifs is 1. The predicted octanol–water partition coefficient (Wildman–Crippen LogP) is 2.53. The van der Waals surface area contributed by atoms with Crippen LogP contribution in [-0.2, 0) is 22.5 Å². The van der Waals surface area contributed by atoms with Crippen LogP contribution in [0.1, 0.15) is 22.4 Å². The maximum Gasteiger partial charge on any atom is 0.279 e. The molecule has 0 saturated heterocycles. The maximum atomic E-state index is 13.4. The van der Waals surface area contributed by atoms with Crippen LogP contribution in [0.5, 0.6) is 0 Å². The highest BCUT2D eigenvalue weighted by Crippen LogP contribution is 2.19. The molecule has 1 amide bonds. The first-order valence-corrected chi connectivity index (χ1v) is 10.8. The van der Waals surface area contributed by atoms with E-state index in [4.69, 9.17) is 4.74 Å². The van der Waals surface area contributed by atoms with Crippen molar-refractivity contribution in [3.05, 3.63) is 87.3 Å². The zero-order chi connectivity index (χ0) is 23.4. The minimum Gasteiger partial charge on any atom is -0.383 e. The minimum atomic E-state index is -0.228. The molecule has 4 aromatic rings. The van der Waals surface area contributed by atoms with E-state index in [9.17, 15) is 9.59 Å². The van der Waals surface area contributed by atoms with Crippen LogP contribution >= 0.6 is 0 Å². The molecule has 2 heterocycles. The van der Waals surface area contributed by atoms with Crippen molar-refractivity contribution < 1.29 is 9.53 Å². The molecule has 0 fully saturated rings. The van der Waals surface area contributed by atoms with Crippen molar-refractivity contribution in [2.24, 2.45) is 0 Å². The summed E-state index contributed by atoms with van der Waals surface area (Å²) >= 11 is 0. The second-order valence-electron chi connectivity index (χ2n) is 7.97. The summed E-state index contributed by atoms with van der Waals surface area (Å²) in [5.41, 5.74) is 3.98. The first-order chi connectivity index (χ1) is 16.0. The van der Waals surface area contributed by atoms with Gasteiger partial charge in [0.1, 0.15) is 6.54 Å².